The van der Waals surface area contributed by atoms with Crippen LogP contribution in [0, 0.1) is 5.82 Å². The number of H-pyrrole nitrogens is 1. The summed E-state index contributed by atoms with van der Waals surface area (Å²) in [7, 11) is 0. The number of rotatable bonds is 3. The molecule has 0 saturated heterocycles. The minimum Gasteiger partial charge on any atom is -0.365 e. The third-order valence-corrected chi connectivity index (χ3v) is 3.08. The number of nitrogens with one attached hydrogen (secondary N) is 2. The van der Waals surface area contributed by atoms with Gasteiger partial charge in [-0.1, -0.05) is 6.07 Å². The molecule has 0 radical (unpaired) electrons. The molecule has 0 aromatic heterocycles. The summed E-state index contributed by atoms with van der Waals surface area (Å²) >= 11 is 5.87. The number of nitrogens with two attached hydrogens (primary N) is 1. The number of benzene rings is 1. The molecule has 0 fully saturated rings. The minimum absolute atomic E-state index is 0.112. The first-order valence-electron chi connectivity index (χ1n) is 5.92. The Bertz CT molecular complexity index is 803. The maximum atomic E-state index is 13.7. The van der Waals surface area contributed by atoms with Crippen molar-refractivity contribution in [1.82, 2.24) is 15.0 Å². The van der Waals surface area contributed by atoms with Crippen molar-refractivity contribution < 1.29 is 9.18 Å². The number of halogens is 2. The predicted molar refractivity (Wildman–Crippen MR) is 76.2 cm³/mol. The standard InChI is InChI=1S/C13H9ClFN5O/c14-13-19-11-6(4-5-17-11)12(20-13)18-8-3-1-2-7(15)9(8)10(16)21/h1-5H,(H2,16,21)(H2,17,18,19,20). The Morgan fingerprint density at radius 2 is 2.19 bits per heavy atom. The predicted octanol–water partition coefficient (Wildman–Crippen LogP) is 2.54. The topological polar surface area (TPSA) is 96.7 Å². The number of amides is 1. The Morgan fingerprint density at radius 3 is 2.95 bits per heavy atom. The Labute approximate surface area is 123 Å². The van der Waals surface area contributed by atoms with Crippen molar-refractivity contribution in [2.45, 2.75) is 0 Å². The van der Waals surface area contributed by atoms with E-state index in [0.29, 0.717) is 17.2 Å². The van der Waals surface area contributed by atoms with E-state index in [0.717, 1.165) is 6.07 Å². The van der Waals surface area contributed by atoms with Gasteiger partial charge in [0, 0.05) is 6.20 Å². The monoisotopic (exact) mass is 305 g/mol. The highest BCUT2D eigenvalue weighted by molar-refractivity contribution is 6.28. The molecular formula is C13H9ClFN5O. The summed E-state index contributed by atoms with van der Waals surface area (Å²) in [4.78, 5) is 22.3. The Balaban J connectivity index is 2.10. The summed E-state index contributed by atoms with van der Waals surface area (Å²) in [5.74, 6) is -0.715. The second-order valence-electron chi connectivity index (χ2n) is 4.23. The number of hydrogen-bond donors (Lipinski definition) is 3. The van der Waals surface area contributed by atoms with Gasteiger partial charge in [-0.05, 0) is 29.8 Å². The lowest BCUT2D eigenvalue weighted by Gasteiger charge is -2.13. The van der Waals surface area contributed by atoms with Crippen LogP contribution in [0.4, 0.5) is 15.9 Å². The van der Waals surface area contributed by atoms with Crippen LogP contribution in [-0.2, 0) is 0 Å². The molecular weight excluding hydrogens is 297 g/mol. The van der Waals surface area contributed by atoms with Gasteiger partial charge in [0.1, 0.15) is 17.5 Å². The van der Waals surface area contributed by atoms with Crippen LogP contribution in [0.2, 0.25) is 5.28 Å². The van der Waals surface area contributed by atoms with Crippen LogP contribution in [-0.4, -0.2) is 20.9 Å². The third-order valence-electron chi connectivity index (χ3n) is 2.90. The summed E-state index contributed by atoms with van der Waals surface area (Å²) in [6, 6.07) is 5.85. The van der Waals surface area contributed by atoms with Crippen LogP contribution in [0.1, 0.15) is 10.4 Å². The first-order chi connectivity index (χ1) is 10.1. The maximum absolute atomic E-state index is 13.7. The molecule has 1 amide bonds. The zero-order valence-electron chi connectivity index (χ0n) is 10.5. The Hall–Kier alpha value is -2.67. The second-order valence-corrected chi connectivity index (χ2v) is 4.59. The number of primary amides is 1. The molecule has 6 nitrogen and oxygen atoms in total. The molecule has 0 atom stereocenters. The molecule has 0 aliphatic carbocycles. The molecule has 0 spiro atoms. The van der Waals surface area contributed by atoms with E-state index in [-0.39, 0.29) is 16.5 Å². The SMILES string of the molecule is NC(=O)c1c(F)cccc1Nc1nc(Cl)[nH]c2nccc1-2. The molecule has 106 valence electrons. The number of carbonyl (C=O) groups is 1. The van der Waals surface area contributed by atoms with Crippen molar-refractivity contribution in [3.05, 3.63) is 47.1 Å². The van der Waals surface area contributed by atoms with Crippen LogP contribution >= 0.6 is 11.6 Å². The van der Waals surface area contributed by atoms with Gasteiger partial charge < -0.3 is 16.0 Å². The van der Waals surface area contributed by atoms with Crippen LogP contribution in [0.3, 0.4) is 0 Å². The number of carbonyl (C=O) groups excluding carboxylic acids is 1. The summed E-state index contributed by atoms with van der Waals surface area (Å²) < 4.78 is 13.7. The number of aromatic amines is 1. The van der Waals surface area contributed by atoms with Gasteiger partial charge in [0.2, 0.25) is 5.28 Å². The number of aromatic nitrogens is 3. The average Bonchev–Trinajstić information content (AvgIpc) is 2.86. The molecule has 1 aromatic rings. The van der Waals surface area contributed by atoms with Crippen LogP contribution in [0.15, 0.2) is 30.5 Å². The Kier molecular flexibility index (Phi) is 3.19. The number of anilines is 2. The van der Waals surface area contributed by atoms with E-state index in [1.54, 1.807) is 12.3 Å². The van der Waals surface area contributed by atoms with Gasteiger partial charge in [0.25, 0.3) is 5.91 Å². The first-order valence-corrected chi connectivity index (χ1v) is 6.29. The lowest BCUT2D eigenvalue weighted by atomic mass is 10.1. The van der Waals surface area contributed by atoms with Crippen LogP contribution < -0.4 is 11.1 Å². The van der Waals surface area contributed by atoms with Gasteiger partial charge in [-0.3, -0.25) is 4.79 Å². The lowest BCUT2D eigenvalue weighted by molar-refractivity contribution is 0.0997. The highest BCUT2D eigenvalue weighted by Crippen LogP contribution is 2.31. The normalized spacial score (nSPS) is 10.8. The fourth-order valence-electron chi connectivity index (χ4n) is 2.01. The molecule has 2 heterocycles. The fourth-order valence-corrected chi connectivity index (χ4v) is 2.19. The van der Waals surface area contributed by atoms with Gasteiger partial charge in [0.15, 0.2) is 0 Å². The van der Waals surface area contributed by atoms with Crippen molar-refractivity contribution in [1.29, 1.82) is 0 Å². The van der Waals surface area contributed by atoms with E-state index >= 15 is 0 Å². The van der Waals surface area contributed by atoms with E-state index in [2.05, 4.69) is 20.3 Å². The summed E-state index contributed by atoms with van der Waals surface area (Å²) in [6.45, 7) is 0. The van der Waals surface area contributed by atoms with Gasteiger partial charge in [-0.15, -0.1) is 0 Å². The van der Waals surface area contributed by atoms with Crippen molar-refractivity contribution >= 4 is 29.0 Å². The average molecular weight is 306 g/mol. The number of nitrogens with zero attached hydrogens (tertiary/aromatic N) is 2. The summed E-state index contributed by atoms with van der Waals surface area (Å²) in [5.41, 5.74) is 5.83. The van der Waals surface area contributed by atoms with E-state index in [1.165, 1.54) is 12.1 Å². The number of fused-ring (bicyclic) bond motifs is 1. The smallest absolute Gasteiger partial charge is 0.253 e. The van der Waals surface area contributed by atoms with Gasteiger partial charge in [-0.2, -0.15) is 0 Å². The maximum Gasteiger partial charge on any atom is 0.253 e. The second kappa shape index (κ2) is 5.02. The van der Waals surface area contributed by atoms with Crippen molar-refractivity contribution in [2.75, 3.05) is 5.32 Å². The van der Waals surface area contributed by atoms with Gasteiger partial charge in [-0.25, -0.2) is 14.4 Å². The molecule has 21 heavy (non-hydrogen) atoms. The van der Waals surface area contributed by atoms with E-state index in [1.807, 2.05) is 0 Å². The number of hydrogen-bond acceptors (Lipinski definition) is 4. The van der Waals surface area contributed by atoms with Crippen LogP contribution in [0.5, 0.6) is 0 Å². The zero-order chi connectivity index (χ0) is 15.0. The molecule has 0 unspecified atom stereocenters. The fraction of sp³-hybridized carbons (Fsp3) is 0. The van der Waals surface area contributed by atoms with Gasteiger partial charge >= 0.3 is 0 Å². The molecule has 3 rings (SSSR count). The lowest BCUT2D eigenvalue weighted by Crippen LogP contribution is -2.16. The largest absolute Gasteiger partial charge is 0.365 e. The van der Waals surface area contributed by atoms with Crippen molar-refractivity contribution in [3.8, 4) is 11.4 Å². The first kappa shape index (κ1) is 13.3. The highest BCUT2D eigenvalue weighted by Gasteiger charge is 2.18. The zero-order valence-corrected chi connectivity index (χ0v) is 11.3. The summed E-state index contributed by atoms with van der Waals surface area (Å²) in [5, 5.41) is 2.98. The van der Waals surface area contributed by atoms with E-state index in [4.69, 9.17) is 17.3 Å². The Morgan fingerprint density at radius 1 is 1.38 bits per heavy atom. The molecule has 0 saturated carbocycles. The summed E-state index contributed by atoms with van der Waals surface area (Å²) in [6.07, 6.45) is 1.57. The minimum atomic E-state index is -0.874. The van der Waals surface area contributed by atoms with Gasteiger partial charge in [0.05, 0.1) is 16.8 Å². The molecule has 8 heteroatoms. The van der Waals surface area contributed by atoms with E-state index < -0.39 is 11.7 Å². The third kappa shape index (κ3) is 2.38. The highest BCUT2D eigenvalue weighted by atomic mass is 35.5. The molecule has 1 aromatic carbocycles. The molecule has 2 aliphatic heterocycles. The quantitative estimate of drug-likeness (QED) is 0.648. The van der Waals surface area contributed by atoms with E-state index in [9.17, 15) is 9.18 Å². The molecule has 4 N–H and O–H groups in total. The van der Waals surface area contributed by atoms with Crippen molar-refractivity contribution in [2.24, 2.45) is 5.73 Å². The van der Waals surface area contributed by atoms with Crippen LogP contribution in [0.25, 0.3) is 11.4 Å². The molecule has 2 aliphatic rings. The van der Waals surface area contributed by atoms with Crippen molar-refractivity contribution in [3.63, 3.8) is 0 Å². The molecule has 0 bridgehead atoms.